The molecule has 0 radical (unpaired) electrons. The van der Waals surface area contributed by atoms with Crippen LogP contribution in [0.1, 0.15) is 12.0 Å². The Kier molecular flexibility index (Phi) is 4.99. The molecule has 1 amide bonds. The highest BCUT2D eigenvalue weighted by molar-refractivity contribution is 8.13. The molecule has 1 aliphatic heterocycles. The number of rotatable bonds is 3. The number of hydrogen-bond donors (Lipinski definition) is 1. The van der Waals surface area contributed by atoms with Crippen molar-refractivity contribution in [3.8, 4) is 0 Å². The molecule has 1 aliphatic rings. The van der Waals surface area contributed by atoms with Gasteiger partial charge in [0.1, 0.15) is 5.82 Å². The van der Waals surface area contributed by atoms with Gasteiger partial charge in [-0.05, 0) is 29.7 Å². The summed E-state index contributed by atoms with van der Waals surface area (Å²) in [5.74, 6) is 0.196. The minimum atomic E-state index is -0.239. The smallest absolute Gasteiger partial charge is 0.282 e. The molecular weight excluding hydrogens is 265 g/mol. The fourth-order valence-corrected chi connectivity index (χ4v) is 2.60. The van der Waals surface area contributed by atoms with Crippen LogP contribution < -0.4 is 0 Å². The lowest BCUT2D eigenvalue weighted by Gasteiger charge is -2.26. The maximum Gasteiger partial charge on any atom is 0.282 e. The van der Waals surface area contributed by atoms with Crippen molar-refractivity contribution in [2.24, 2.45) is 0 Å². The van der Waals surface area contributed by atoms with Gasteiger partial charge in [0.2, 0.25) is 0 Å². The zero-order valence-corrected chi connectivity index (χ0v) is 11.3. The normalized spacial score (nSPS) is 15.3. The quantitative estimate of drug-likeness (QED) is 0.926. The number of carbonyl (C=O) groups is 1. The van der Waals surface area contributed by atoms with Crippen LogP contribution in [0.2, 0.25) is 0 Å². The highest BCUT2D eigenvalue weighted by Gasteiger charge is 2.17. The van der Waals surface area contributed by atoms with Gasteiger partial charge in [-0.25, -0.2) is 4.39 Å². The van der Waals surface area contributed by atoms with E-state index in [1.165, 1.54) is 12.1 Å². The molecule has 3 nitrogen and oxygen atoms in total. The molecule has 1 N–H and O–H groups in total. The summed E-state index contributed by atoms with van der Waals surface area (Å²) in [5, 5.41) is 8.70. The molecule has 0 unspecified atom stereocenters. The van der Waals surface area contributed by atoms with Gasteiger partial charge in [0.05, 0.1) is 6.61 Å². The molecule has 1 aromatic rings. The van der Waals surface area contributed by atoms with E-state index >= 15 is 0 Å². The van der Waals surface area contributed by atoms with Crippen molar-refractivity contribution in [2.75, 3.05) is 25.4 Å². The van der Waals surface area contributed by atoms with E-state index in [0.717, 1.165) is 29.3 Å². The number of halogens is 1. The lowest BCUT2D eigenvalue weighted by molar-refractivity contribution is 0.228. The van der Waals surface area contributed by atoms with Crippen LogP contribution in [-0.4, -0.2) is 40.7 Å². The van der Waals surface area contributed by atoms with Crippen molar-refractivity contribution in [1.29, 1.82) is 0 Å². The molecule has 0 saturated carbocycles. The first kappa shape index (κ1) is 14.1. The Bertz CT molecular complexity index is 473. The summed E-state index contributed by atoms with van der Waals surface area (Å²) >= 11 is 1.14. The lowest BCUT2D eigenvalue weighted by Crippen LogP contribution is -2.32. The Hall–Kier alpha value is -1.33. The van der Waals surface area contributed by atoms with Crippen LogP contribution in [0.5, 0.6) is 0 Å². The van der Waals surface area contributed by atoms with Crippen molar-refractivity contribution in [3.63, 3.8) is 0 Å². The third-order valence-electron chi connectivity index (χ3n) is 3.00. The summed E-state index contributed by atoms with van der Waals surface area (Å²) in [6, 6.07) is 6.42. The molecular formula is C14H16FNO2S. The molecule has 0 aliphatic carbocycles. The highest BCUT2D eigenvalue weighted by Crippen LogP contribution is 2.24. The molecule has 0 fully saturated rings. The van der Waals surface area contributed by atoms with Crippen LogP contribution in [0, 0.1) is 5.82 Å². The highest BCUT2D eigenvalue weighted by atomic mass is 32.2. The van der Waals surface area contributed by atoms with Crippen LogP contribution in [0.3, 0.4) is 0 Å². The van der Waals surface area contributed by atoms with Crippen LogP contribution in [0.4, 0.5) is 9.18 Å². The summed E-state index contributed by atoms with van der Waals surface area (Å²) < 4.78 is 12.8. The van der Waals surface area contributed by atoms with Gasteiger partial charge in [0.15, 0.2) is 0 Å². The third-order valence-corrected chi connectivity index (χ3v) is 3.89. The molecule has 5 heteroatoms. The Balaban J connectivity index is 1.96. The van der Waals surface area contributed by atoms with E-state index in [9.17, 15) is 9.18 Å². The van der Waals surface area contributed by atoms with Gasteiger partial charge in [-0.2, -0.15) is 0 Å². The second-order valence-electron chi connectivity index (χ2n) is 4.27. The topological polar surface area (TPSA) is 40.5 Å². The number of carbonyl (C=O) groups excluding carboxylic acids is 1. The van der Waals surface area contributed by atoms with Gasteiger partial charge in [-0.3, -0.25) is 4.79 Å². The number of hydrogen-bond acceptors (Lipinski definition) is 3. The minimum Gasteiger partial charge on any atom is -0.396 e. The number of amides is 1. The zero-order valence-electron chi connectivity index (χ0n) is 10.5. The predicted octanol–water partition coefficient (Wildman–Crippen LogP) is 2.76. The summed E-state index contributed by atoms with van der Waals surface area (Å²) in [4.78, 5) is 13.5. The number of thioether (sulfide) groups is 1. The summed E-state index contributed by atoms with van der Waals surface area (Å²) in [6.45, 7) is 1.26. The van der Waals surface area contributed by atoms with Crippen LogP contribution in [0.15, 0.2) is 30.3 Å². The molecule has 0 atom stereocenters. The van der Waals surface area contributed by atoms with Crippen LogP contribution in [-0.2, 0) is 0 Å². The Morgan fingerprint density at radius 2 is 2.11 bits per heavy atom. The standard InChI is InChI=1S/C14H16FNO2S/c15-13-3-1-11(2-4-13)12-5-7-16(8-6-12)14(18)19-10-9-17/h1-5,17H,6-10H2. The molecule has 1 aromatic carbocycles. The predicted molar refractivity (Wildman–Crippen MR) is 75.5 cm³/mol. The number of benzene rings is 1. The monoisotopic (exact) mass is 281 g/mol. The number of aliphatic hydroxyl groups is 1. The van der Waals surface area contributed by atoms with E-state index in [0.29, 0.717) is 18.8 Å². The fraction of sp³-hybridized carbons (Fsp3) is 0.357. The van der Waals surface area contributed by atoms with Crippen molar-refractivity contribution in [1.82, 2.24) is 4.90 Å². The summed E-state index contributed by atoms with van der Waals surface area (Å²) in [7, 11) is 0. The van der Waals surface area contributed by atoms with Gasteiger partial charge in [-0.1, -0.05) is 30.0 Å². The van der Waals surface area contributed by atoms with Crippen LogP contribution in [0.25, 0.3) is 5.57 Å². The Labute approximate surface area is 116 Å². The van der Waals surface area contributed by atoms with Crippen molar-refractivity contribution >= 4 is 22.6 Å². The van der Waals surface area contributed by atoms with Crippen molar-refractivity contribution in [2.45, 2.75) is 6.42 Å². The first-order chi connectivity index (χ1) is 9.20. The van der Waals surface area contributed by atoms with E-state index in [1.807, 2.05) is 6.08 Å². The second kappa shape index (κ2) is 6.73. The largest absolute Gasteiger partial charge is 0.396 e. The van der Waals surface area contributed by atoms with Gasteiger partial charge < -0.3 is 10.0 Å². The average Bonchev–Trinajstić information content (AvgIpc) is 2.46. The van der Waals surface area contributed by atoms with Gasteiger partial charge in [0.25, 0.3) is 5.24 Å². The Morgan fingerprint density at radius 1 is 1.37 bits per heavy atom. The summed E-state index contributed by atoms with van der Waals surface area (Å²) in [5.41, 5.74) is 2.16. The zero-order chi connectivity index (χ0) is 13.7. The van der Waals surface area contributed by atoms with Gasteiger partial charge >= 0.3 is 0 Å². The first-order valence-corrected chi connectivity index (χ1v) is 7.17. The molecule has 1 heterocycles. The third kappa shape index (κ3) is 3.81. The maximum atomic E-state index is 12.8. The fourth-order valence-electron chi connectivity index (χ4n) is 1.99. The lowest BCUT2D eigenvalue weighted by atomic mass is 10.00. The SMILES string of the molecule is O=C(SCCO)N1CC=C(c2ccc(F)cc2)CC1. The van der Waals surface area contributed by atoms with E-state index in [2.05, 4.69) is 0 Å². The average molecular weight is 281 g/mol. The van der Waals surface area contributed by atoms with Crippen LogP contribution >= 0.6 is 11.8 Å². The first-order valence-electron chi connectivity index (χ1n) is 6.18. The van der Waals surface area contributed by atoms with Crippen molar-refractivity contribution in [3.05, 3.63) is 41.7 Å². The van der Waals surface area contributed by atoms with Crippen molar-refractivity contribution < 1.29 is 14.3 Å². The molecule has 0 bridgehead atoms. The Morgan fingerprint density at radius 3 is 2.68 bits per heavy atom. The molecule has 0 spiro atoms. The van der Waals surface area contributed by atoms with E-state index in [4.69, 9.17) is 5.11 Å². The maximum absolute atomic E-state index is 12.8. The van der Waals surface area contributed by atoms with Gasteiger partial charge in [-0.15, -0.1) is 0 Å². The summed E-state index contributed by atoms with van der Waals surface area (Å²) in [6.07, 6.45) is 2.78. The molecule has 19 heavy (non-hydrogen) atoms. The van der Waals surface area contributed by atoms with E-state index < -0.39 is 0 Å². The molecule has 102 valence electrons. The number of aliphatic hydroxyl groups excluding tert-OH is 1. The van der Waals surface area contributed by atoms with E-state index in [1.54, 1.807) is 17.0 Å². The molecule has 2 rings (SSSR count). The van der Waals surface area contributed by atoms with Gasteiger partial charge in [0, 0.05) is 18.8 Å². The minimum absolute atomic E-state index is 0.00320. The number of nitrogens with zero attached hydrogens (tertiary/aromatic N) is 1. The van der Waals surface area contributed by atoms with E-state index in [-0.39, 0.29) is 17.7 Å². The second-order valence-corrected chi connectivity index (χ2v) is 5.32. The molecule has 0 saturated heterocycles. The molecule has 0 aromatic heterocycles.